The number of aromatic nitrogens is 2. The Morgan fingerprint density at radius 1 is 1.47 bits per heavy atom. The fourth-order valence-electron chi connectivity index (χ4n) is 1.79. The minimum atomic E-state index is 0.743. The Balaban J connectivity index is 2.36. The third-order valence-electron chi connectivity index (χ3n) is 2.47. The lowest BCUT2D eigenvalue weighted by molar-refractivity contribution is 0.388. The second-order valence-corrected chi connectivity index (χ2v) is 4.50. The number of H-pyrrole nitrogens is 1. The van der Waals surface area contributed by atoms with E-state index in [0.29, 0.717) is 0 Å². The summed E-state index contributed by atoms with van der Waals surface area (Å²) in [5.41, 5.74) is 2.42. The van der Waals surface area contributed by atoms with Crippen molar-refractivity contribution in [3.63, 3.8) is 0 Å². The first-order chi connectivity index (χ1) is 7.16. The van der Waals surface area contributed by atoms with Gasteiger partial charge in [0.1, 0.15) is 10.5 Å². The van der Waals surface area contributed by atoms with Gasteiger partial charge in [0.15, 0.2) is 0 Å². The first kappa shape index (κ1) is 10.7. The van der Waals surface area contributed by atoms with Gasteiger partial charge in [-0.25, -0.2) is 4.98 Å². The minimum Gasteiger partial charge on any atom is -0.346 e. The fourth-order valence-corrected chi connectivity index (χ4v) is 2.10. The van der Waals surface area contributed by atoms with Crippen molar-refractivity contribution in [2.45, 2.75) is 19.5 Å². The second-order valence-electron chi connectivity index (χ2n) is 4.11. The number of fused-ring (bicyclic) bond motifs is 1. The van der Waals surface area contributed by atoms with E-state index in [4.69, 9.17) is 12.2 Å². The first-order valence-corrected chi connectivity index (χ1v) is 5.54. The van der Waals surface area contributed by atoms with Crippen LogP contribution in [0.1, 0.15) is 17.1 Å². The van der Waals surface area contributed by atoms with Gasteiger partial charge in [0.2, 0.25) is 0 Å². The molecule has 0 radical (unpaired) electrons. The molecular weight excluding hydrogens is 208 g/mol. The van der Waals surface area contributed by atoms with Gasteiger partial charge >= 0.3 is 0 Å². The van der Waals surface area contributed by atoms with Crippen LogP contribution in [-0.2, 0) is 19.5 Å². The van der Waals surface area contributed by atoms with Gasteiger partial charge < -0.3 is 15.2 Å². The van der Waals surface area contributed by atoms with Crippen molar-refractivity contribution in [3.8, 4) is 0 Å². The van der Waals surface area contributed by atoms with Gasteiger partial charge in [-0.2, -0.15) is 0 Å². The van der Waals surface area contributed by atoms with Crippen LogP contribution in [0.2, 0.25) is 0 Å². The van der Waals surface area contributed by atoms with Gasteiger partial charge in [-0.1, -0.05) is 12.2 Å². The summed E-state index contributed by atoms with van der Waals surface area (Å²) in [4.78, 5) is 9.87. The minimum absolute atomic E-state index is 0.743. The van der Waals surface area contributed by atoms with E-state index >= 15 is 0 Å². The molecule has 4 nitrogen and oxygen atoms in total. The van der Waals surface area contributed by atoms with Crippen LogP contribution in [-0.4, -0.2) is 35.5 Å². The standard InChI is InChI=1S/C10H16N4S/c1-14(2)6-9-12-8-3-4-11-5-7(8)10(15)13-9/h11H,3-6H2,1-2H3,(H,12,13,15). The summed E-state index contributed by atoms with van der Waals surface area (Å²) < 4.78 is 0.743. The van der Waals surface area contributed by atoms with Crippen LogP contribution in [0.3, 0.4) is 0 Å². The van der Waals surface area contributed by atoms with E-state index in [1.54, 1.807) is 0 Å². The Morgan fingerprint density at radius 2 is 2.27 bits per heavy atom. The summed E-state index contributed by atoms with van der Waals surface area (Å²) in [5.74, 6) is 0.964. The smallest absolute Gasteiger partial charge is 0.134 e. The summed E-state index contributed by atoms with van der Waals surface area (Å²) in [6.45, 7) is 2.67. The quantitative estimate of drug-likeness (QED) is 0.731. The van der Waals surface area contributed by atoms with Crippen LogP contribution >= 0.6 is 12.2 Å². The van der Waals surface area contributed by atoms with Crippen LogP contribution in [0.4, 0.5) is 0 Å². The van der Waals surface area contributed by atoms with Crippen molar-refractivity contribution in [3.05, 3.63) is 21.7 Å². The van der Waals surface area contributed by atoms with E-state index in [2.05, 4.69) is 20.2 Å². The van der Waals surface area contributed by atoms with Crippen molar-refractivity contribution in [1.82, 2.24) is 20.2 Å². The molecule has 2 rings (SSSR count). The van der Waals surface area contributed by atoms with Crippen LogP contribution in [0.15, 0.2) is 0 Å². The molecule has 0 aliphatic carbocycles. The Kier molecular flexibility index (Phi) is 3.14. The highest BCUT2D eigenvalue weighted by molar-refractivity contribution is 7.71. The van der Waals surface area contributed by atoms with Crippen molar-refractivity contribution in [1.29, 1.82) is 0 Å². The SMILES string of the molecule is CN(C)Cc1nc(=S)c2c([nH]1)CCNC2. The number of nitrogens with one attached hydrogen (secondary N) is 2. The predicted octanol–water partition coefficient (Wildman–Crippen LogP) is 0.846. The molecule has 0 fully saturated rings. The predicted molar refractivity (Wildman–Crippen MR) is 62.2 cm³/mol. The highest BCUT2D eigenvalue weighted by Gasteiger charge is 2.12. The van der Waals surface area contributed by atoms with Gasteiger partial charge in [-0.05, 0) is 14.1 Å². The average molecular weight is 224 g/mol. The Labute approximate surface area is 94.7 Å². The van der Waals surface area contributed by atoms with Crippen LogP contribution in [0.5, 0.6) is 0 Å². The molecule has 0 spiro atoms. The van der Waals surface area contributed by atoms with E-state index in [0.717, 1.165) is 36.5 Å². The van der Waals surface area contributed by atoms with Gasteiger partial charge in [-0.15, -0.1) is 0 Å². The lowest BCUT2D eigenvalue weighted by Crippen LogP contribution is -2.26. The highest BCUT2D eigenvalue weighted by Crippen LogP contribution is 2.12. The molecule has 0 saturated carbocycles. The maximum atomic E-state index is 5.29. The van der Waals surface area contributed by atoms with Gasteiger partial charge in [0.05, 0.1) is 6.54 Å². The molecule has 1 aromatic rings. The van der Waals surface area contributed by atoms with Crippen LogP contribution in [0, 0.1) is 4.64 Å². The fraction of sp³-hybridized carbons (Fsp3) is 0.600. The summed E-state index contributed by atoms with van der Waals surface area (Å²) in [5, 5.41) is 3.30. The number of aromatic amines is 1. The molecule has 0 unspecified atom stereocenters. The van der Waals surface area contributed by atoms with Gasteiger partial charge in [-0.3, -0.25) is 0 Å². The van der Waals surface area contributed by atoms with E-state index in [1.807, 2.05) is 14.1 Å². The third kappa shape index (κ3) is 2.42. The molecule has 0 atom stereocenters. The van der Waals surface area contributed by atoms with Crippen molar-refractivity contribution in [2.24, 2.45) is 0 Å². The summed E-state index contributed by atoms with van der Waals surface area (Å²) in [7, 11) is 4.05. The molecule has 1 aliphatic heterocycles. The molecule has 2 N–H and O–H groups in total. The maximum Gasteiger partial charge on any atom is 0.134 e. The monoisotopic (exact) mass is 224 g/mol. The maximum absolute atomic E-state index is 5.29. The number of nitrogens with zero attached hydrogens (tertiary/aromatic N) is 2. The van der Waals surface area contributed by atoms with Gasteiger partial charge in [0, 0.05) is 30.8 Å². The zero-order valence-corrected chi connectivity index (χ0v) is 9.95. The van der Waals surface area contributed by atoms with Crippen molar-refractivity contribution < 1.29 is 0 Å². The third-order valence-corrected chi connectivity index (χ3v) is 2.81. The second kappa shape index (κ2) is 4.38. The zero-order chi connectivity index (χ0) is 10.8. The molecule has 1 aromatic heterocycles. The molecule has 0 aromatic carbocycles. The lowest BCUT2D eigenvalue weighted by Gasteiger charge is -2.18. The topological polar surface area (TPSA) is 44.0 Å². The molecule has 82 valence electrons. The Bertz CT molecular complexity index is 410. The molecule has 1 aliphatic rings. The zero-order valence-electron chi connectivity index (χ0n) is 9.13. The highest BCUT2D eigenvalue weighted by atomic mass is 32.1. The largest absolute Gasteiger partial charge is 0.346 e. The molecule has 2 heterocycles. The van der Waals surface area contributed by atoms with E-state index < -0.39 is 0 Å². The number of rotatable bonds is 2. The first-order valence-electron chi connectivity index (χ1n) is 5.13. The lowest BCUT2D eigenvalue weighted by atomic mass is 10.1. The van der Waals surface area contributed by atoms with E-state index in [1.165, 1.54) is 11.3 Å². The van der Waals surface area contributed by atoms with Gasteiger partial charge in [0.25, 0.3) is 0 Å². The number of hydrogen-bond donors (Lipinski definition) is 2. The Hall–Kier alpha value is -0.780. The van der Waals surface area contributed by atoms with Crippen molar-refractivity contribution in [2.75, 3.05) is 20.6 Å². The summed E-state index contributed by atoms with van der Waals surface area (Å²) in [6.07, 6.45) is 1.02. The number of hydrogen-bond acceptors (Lipinski definition) is 4. The molecule has 0 amide bonds. The van der Waals surface area contributed by atoms with E-state index in [-0.39, 0.29) is 0 Å². The van der Waals surface area contributed by atoms with E-state index in [9.17, 15) is 0 Å². The molecule has 0 saturated heterocycles. The van der Waals surface area contributed by atoms with Crippen molar-refractivity contribution >= 4 is 12.2 Å². The average Bonchev–Trinajstić information content (AvgIpc) is 2.16. The molecule has 15 heavy (non-hydrogen) atoms. The van der Waals surface area contributed by atoms with Crippen LogP contribution in [0.25, 0.3) is 0 Å². The summed E-state index contributed by atoms with van der Waals surface area (Å²) in [6, 6.07) is 0. The Morgan fingerprint density at radius 3 is 3.00 bits per heavy atom. The molecular formula is C10H16N4S. The molecule has 5 heteroatoms. The van der Waals surface area contributed by atoms with Crippen LogP contribution < -0.4 is 5.32 Å². The summed E-state index contributed by atoms with van der Waals surface area (Å²) >= 11 is 5.29. The molecule has 0 bridgehead atoms. The normalized spacial score (nSPS) is 15.4.